The third-order valence-corrected chi connectivity index (χ3v) is 3.27. The molecule has 1 amide bonds. The van der Waals surface area contributed by atoms with Crippen molar-refractivity contribution in [1.82, 2.24) is 15.5 Å². The molecule has 0 saturated heterocycles. The summed E-state index contributed by atoms with van der Waals surface area (Å²) in [5, 5.41) is 11.2. The first-order valence-corrected chi connectivity index (χ1v) is 6.34. The zero-order valence-corrected chi connectivity index (χ0v) is 10.5. The van der Waals surface area contributed by atoms with Gasteiger partial charge in [-0.05, 0) is 32.8 Å². The lowest BCUT2D eigenvalue weighted by Gasteiger charge is -2.13. The summed E-state index contributed by atoms with van der Waals surface area (Å²) >= 11 is 0. The van der Waals surface area contributed by atoms with Crippen molar-refractivity contribution in [3.63, 3.8) is 0 Å². The second kappa shape index (κ2) is 5.25. The molecule has 0 radical (unpaired) electrons. The monoisotopic (exact) mass is 233 g/mol. The molecule has 0 unspecified atom stereocenters. The quantitative estimate of drug-likeness (QED) is 0.870. The van der Waals surface area contributed by atoms with Gasteiger partial charge >= 0.3 is 0 Å². The number of amides is 1. The van der Waals surface area contributed by atoms with Gasteiger partial charge in [-0.25, -0.2) is 0 Å². The standard InChI is InChI=1S/C13H19N3O/c1-3-14-13(17)11-8-9(2)15-16-12(11)10-6-4-5-7-10/h8,10H,3-7H2,1-2H3,(H,14,17). The highest BCUT2D eigenvalue weighted by atomic mass is 16.1. The Bertz CT molecular complexity index is 411. The Kier molecular flexibility index (Phi) is 3.71. The third-order valence-electron chi connectivity index (χ3n) is 3.27. The fourth-order valence-electron chi connectivity index (χ4n) is 2.44. The molecule has 1 aromatic rings. The average molecular weight is 233 g/mol. The fourth-order valence-corrected chi connectivity index (χ4v) is 2.44. The zero-order chi connectivity index (χ0) is 12.3. The molecule has 2 rings (SSSR count). The first kappa shape index (κ1) is 12.0. The van der Waals surface area contributed by atoms with E-state index in [1.807, 2.05) is 19.9 Å². The number of nitrogens with zero attached hydrogens (tertiary/aromatic N) is 2. The number of nitrogens with one attached hydrogen (secondary N) is 1. The van der Waals surface area contributed by atoms with Crippen LogP contribution in [0.2, 0.25) is 0 Å². The maximum Gasteiger partial charge on any atom is 0.253 e. The van der Waals surface area contributed by atoms with Gasteiger partial charge in [0.25, 0.3) is 5.91 Å². The number of hydrogen-bond donors (Lipinski definition) is 1. The highest BCUT2D eigenvalue weighted by Gasteiger charge is 2.24. The van der Waals surface area contributed by atoms with E-state index in [0.29, 0.717) is 18.0 Å². The van der Waals surface area contributed by atoms with Crippen LogP contribution in [0, 0.1) is 6.92 Å². The Morgan fingerprint density at radius 2 is 2.12 bits per heavy atom. The van der Waals surface area contributed by atoms with Crippen LogP contribution in [0.4, 0.5) is 0 Å². The molecule has 0 atom stereocenters. The number of aromatic nitrogens is 2. The van der Waals surface area contributed by atoms with Crippen LogP contribution in [-0.2, 0) is 0 Å². The van der Waals surface area contributed by atoms with E-state index >= 15 is 0 Å². The summed E-state index contributed by atoms with van der Waals surface area (Å²) in [7, 11) is 0. The summed E-state index contributed by atoms with van der Waals surface area (Å²) in [5.41, 5.74) is 2.40. The lowest BCUT2D eigenvalue weighted by Crippen LogP contribution is -2.25. The SMILES string of the molecule is CCNC(=O)c1cc(C)nnc1C1CCCC1. The van der Waals surface area contributed by atoms with Gasteiger partial charge in [0.1, 0.15) is 0 Å². The number of hydrogen-bond acceptors (Lipinski definition) is 3. The molecule has 1 aliphatic carbocycles. The van der Waals surface area contributed by atoms with Crippen LogP contribution in [0.1, 0.15) is 60.3 Å². The highest BCUT2D eigenvalue weighted by molar-refractivity contribution is 5.95. The van der Waals surface area contributed by atoms with Crippen LogP contribution < -0.4 is 5.32 Å². The maximum atomic E-state index is 12.0. The lowest BCUT2D eigenvalue weighted by molar-refractivity contribution is 0.0953. The van der Waals surface area contributed by atoms with Crippen LogP contribution in [0.3, 0.4) is 0 Å². The van der Waals surface area contributed by atoms with Crippen molar-refractivity contribution in [3.8, 4) is 0 Å². The second-order valence-electron chi connectivity index (χ2n) is 4.63. The average Bonchev–Trinajstić information content (AvgIpc) is 2.82. The minimum Gasteiger partial charge on any atom is -0.352 e. The molecular formula is C13H19N3O. The topological polar surface area (TPSA) is 54.9 Å². The van der Waals surface area contributed by atoms with Crippen LogP contribution in [0.5, 0.6) is 0 Å². The molecule has 1 aliphatic rings. The molecule has 0 bridgehead atoms. The predicted octanol–water partition coefficient (Wildman–Crippen LogP) is 2.19. The third kappa shape index (κ3) is 2.62. The maximum absolute atomic E-state index is 12.0. The first-order chi connectivity index (χ1) is 8.22. The smallest absolute Gasteiger partial charge is 0.253 e. The molecule has 1 aromatic heterocycles. The second-order valence-corrected chi connectivity index (χ2v) is 4.63. The summed E-state index contributed by atoms with van der Waals surface area (Å²) in [6.07, 6.45) is 4.72. The van der Waals surface area contributed by atoms with Gasteiger partial charge in [-0.15, -0.1) is 0 Å². The summed E-state index contributed by atoms with van der Waals surface area (Å²) in [6, 6.07) is 1.85. The van der Waals surface area contributed by atoms with E-state index < -0.39 is 0 Å². The Hall–Kier alpha value is -1.45. The normalized spacial score (nSPS) is 16.1. The van der Waals surface area contributed by atoms with Crippen LogP contribution in [-0.4, -0.2) is 22.6 Å². The van der Waals surface area contributed by atoms with Gasteiger partial charge in [-0.2, -0.15) is 10.2 Å². The van der Waals surface area contributed by atoms with Crippen LogP contribution in [0.15, 0.2) is 6.07 Å². The van der Waals surface area contributed by atoms with Gasteiger partial charge in [-0.3, -0.25) is 4.79 Å². The highest BCUT2D eigenvalue weighted by Crippen LogP contribution is 2.34. The van der Waals surface area contributed by atoms with Gasteiger partial charge < -0.3 is 5.32 Å². The zero-order valence-electron chi connectivity index (χ0n) is 10.5. The van der Waals surface area contributed by atoms with Gasteiger partial charge in [0.05, 0.1) is 17.0 Å². The molecular weight excluding hydrogens is 214 g/mol. The van der Waals surface area contributed by atoms with Gasteiger partial charge in [0, 0.05) is 12.5 Å². The molecule has 1 heterocycles. The molecule has 0 aromatic carbocycles. The van der Waals surface area contributed by atoms with Crippen molar-refractivity contribution in [2.75, 3.05) is 6.54 Å². The van der Waals surface area contributed by atoms with Crippen molar-refractivity contribution in [2.24, 2.45) is 0 Å². The van der Waals surface area contributed by atoms with Crippen molar-refractivity contribution in [1.29, 1.82) is 0 Å². The Balaban J connectivity index is 2.33. The minimum atomic E-state index is -0.0209. The lowest BCUT2D eigenvalue weighted by atomic mass is 9.98. The van der Waals surface area contributed by atoms with Crippen LogP contribution in [0.25, 0.3) is 0 Å². The molecule has 0 aliphatic heterocycles. The molecule has 1 N–H and O–H groups in total. The molecule has 4 nitrogen and oxygen atoms in total. The van der Waals surface area contributed by atoms with E-state index in [-0.39, 0.29) is 5.91 Å². The summed E-state index contributed by atoms with van der Waals surface area (Å²) in [4.78, 5) is 12.0. The molecule has 1 fully saturated rings. The molecule has 0 spiro atoms. The van der Waals surface area contributed by atoms with Gasteiger partial charge in [-0.1, -0.05) is 12.8 Å². The minimum absolute atomic E-state index is 0.0209. The number of carbonyl (C=O) groups excluding carboxylic acids is 1. The molecule has 92 valence electrons. The Morgan fingerprint density at radius 3 is 2.76 bits per heavy atom. The number of aryl methyl sites for hydroxylation is 1. The number of rotatable bonds is 3. The summed E-state index contributed by atoms with van der Waals surface area (Å²) < 4.78 is 0. The van der Waals surface area contributed by atoms with Crippen molar-refractivity contribution in [2.45, 2.75) is 45.4 Å². The van der Waals surface area contributed by atoms with E-state index in [4.69, 9.17) is 0 Å². The van der Waals surface area contributed by atoms with Crippen molar-refractivity contribution in [3.05, 3.63) is 23.0 Å². The molecule has 4 heteroatoms. The van der Waals surface area contributed by atoms with E-state index in [1.54, 1.807) is 0 Å². The Labute approximate surface area is 102 Å². The van der Waals surface area contributed by atoms with Gasteiger partial charge in [0.2, 0.25) is 0 Å². The Morgan fingerprint density at radius 1 is 1.41 bits per heavy atom. The summed E-state index contributed by atoms with van der Waals surface area (Å²) in [5.74, 6) is 0.396. The van der Waals surface area contributed by atoms with E-state index in [0.717, 1.165) is 24.2 Å². The first-order valence-electron chi connectivity index (χ1n) is 6.34. The van der Waals surface area contributed by atoms with E-state index in [1.165, 1.54) is 12.8 Å². The van der Waals surface area contributed by atoms with E-state index in [9.17, 15) is 4.79 Å². The predicted molar refractivity (Wildman–Crippen MR) is 66.0 cm³/mol. The van der Waals surface area contributed by atoms with Crippen LogP contribution >= 0.6 is 0 Å². The largest absolute Gasteiger partial charge is 0.352 e. The van der Waals surface area contributed by atoms with Gasteiger partial charge in [0.15, 0.2) is 0 Å². The van der Waals surface area contributed by atoms with Crippen molar-refractivity contribution < 1.29 is 4.79 Å². The van der Waals surface area contributed by atoms with E-state index in [2.05, 4.69) is 15.5 Å². The molecule has 17 heavy (non-hydrogen) atoms. The number of carbonyl (C=O) groups is 1. The van der Waals surface area contributed by atoms with Crippen molar-refractivity contribution >= 4 is 5.91 Å². The summed E-state index contributed by atoms with van der Waals surface area (Å²) in [6.45, 7) is 4.44. The fraction of sp³-hybridized carbons (Fsp3) is 0.615. The molecule has 1 saturated carbocycles.